The maximum absolute atomic E-state index is 12.8. The molecule has 448 valence electrons. The minimum atomic E-state index is -4.64. The van der Waals surface area contributed by atoms with E-state index >= 15 is 0 Å². The average molecular weight is 1110 g/mol. The second-order valence-corrected chi connectivity index (χ2v) is 23.4. The number of allylic oxidation sites excluding steroid dienone is 18. The van der Waals surface area contributed by atoms with Crippen LogP contribution in [0.2, 0.25) is 0 Å². The molecule has 0 aliphatic rings. The molecule has 78 heavy (non-hydrogen) atoms. The van der Waals surface area contributed by atoms with Crippen molar-refractivity contribution in [2.75, 3.05) is 47.5 Å². The lowest BCUT2D eigenvalue weighted by atomic mass is 10.0. The first-order valence-electron chi connectivity index (χ1n) is 31.6. The van der Waals surface area contributed by atoms with Crippen LogP contribution in [0, 0.1) is 0 Å². The number of esters is 2. The van der Waals surface area contributed by atoms with E-state index in [1.807, 2.05) is 21.1 Å². The number of rotatable bonds is 57. The minimum Gasteiger partial charge on any atom is -0.756 e. The summed E-state index contributed by atoms with van der Waals surface area (Å²) in [5, 5.41) is 0. The van der Waals surface area contributed by atoms with Crippen molar-refractivity contribution in [2.45, 2.75) is 264 Å². The number of quaternary nitrogens is 1. The number of phosphoric acid groups is 1. The molecule has 0 saturated heterocycles. The molecule has 2 unspecified atom stereocenters. The van der Waals surface area contributed by atoms with Crippen LogP contribution >= 0.6 is 7.82 Å². The number of phosphoric ester groups is 1. The molecule has 0 amide bonds. The molecule has 0 aliphatic carbocycles. The smallest absolute Gasteiger partial charge is 0.306 e. The van der Waals surface area contributed by atoms with Gasteiger partial charge in [0, 0.05) is 12.8 Å². The molecule has 0 saturated carbocycles. The van der Waals surface area contributed by atoms with Crippen molar-refractivity contribution in [3.63, 3.8) is 0 Å². The summed E-state index contributed by atoms with van der Waals surface area (Å²) in [4.78, 5) is 37.9. The fourth-order valence-corrected chi connectivity index (χ4v) is 9.16. The van der Waals surface area contributed by atoms with Crippen LogP contribution in [-0.2, 0) is 32.7 Å². The summed E-state index contributed by atoms with van der Waals surface area (Å²) in [5.41, 5.74) is 0. The first-order chi connectivity index (χ1) is 38.0. The van der Waals surface area contributed by atoms with Crippen molar-refractivity contribution in [1.29, 1.82) is 0 Å². The molecule has 0 spiro atoms. The predicted molar refractivity (Wildman–Crippen MR) is 332 cm³/mol. The van der Waals surface area contributed by atoms with Gasteiger partial charge in [-0.3, -0.25) is 14.2 Å². The number of unbranched alkanes of at least 4 members (excludes halogenated alkanes) is 25. The predicted octanol–water partition coefficient (Wildman–Crippen LogP) is 19.5. The number of ether oxygens (including phenoxy) is 2. The number of likely N-dealkylation sites (N-methyl/N-ethyl adjacent to an activating group) is 1. The number of carbonyl (C=O) groups is 2. The molecule has 10 heteroatoms. The van der Waals surface area contributed by atoms with E-state index in [9.17, 15) is 19.0 Å². The lowest BCUT2D eigenvalue weighted by molar-refractivity contribution is -0.870. The lowest BCUT2D eigenvalue weighted by Gasteiger charge is -2.28. The second kappa shape index (κ2) is 58.3. The molecule has 0 aliphatic heterocycles. The van der Waals surface area contributed by atoms with Gasteiger partial charge in [-0.1, -0.05) is 252 Å². The summed E-state index contributed by atoms with van der Waals surface area (Å²) in [6.07, 6.45) is 81.5. The van der Waals surface area contributed by atoms with Crippen molar-refractivity contribution in [1.82, 2.24) is 0 Å². The Hall–Kier alpha value is -3.33. The molecule has 0 bridgehead atoms. The van der Waals surface area contributed by atoms with Crippen LogP contribution in [0.1, 0.15) is 258 Å². The van der Waals surface area contributed by atoms with Crippen LogP contribution < -0.4 is 4.89 Å². The summed E-state index contributed by atoms with van der Waals surface area (Å²) < 4.78 is 34.2. The lowest BCUT2D eigenvalue weighted by Crippen LogP contribution is -2.37. The molecule has 0 aromatic heterocycles. The van der Waals surface area contributed by atoms with E-state index in [-0.39, 0.29) is 26.1 Å². The first kappa shape index (κ1) is 74.7. The Morgan fingerprint density at radius 3 is 1.10 bits per heavy atom. The third-order valence-electron chi connectivity index (χ3n) is 13.3. The number of nitrogens with zero attached hydrogens (tertiary/aromatic N) is 1. The first-order valence-corrected chi connectivity index (χ1v) is 33.1. The van der Waals surface area contributed by atoms with Crippen LogP contribution in [-0.4, -0.2) is 70.0 Å². The maximum Gasteiger partial charge on any atom is 0.306 e. The van der Waals surface area contributed by atoms with Crippen LogP contribution in [0.3, 0.4) is 0 Å². The van der Waals surface area contributed by atoms with Gasteiger partial charge in [0.05, 0.1) is 27.7 Å². The molecule has 0 rings (SSSR count). The number of carbonyl (C=O) groups excluding carboxylic acids is 2. The van der Waals surface area contributed by atoms with Gasteiger partial charge in [-0.05, 0) is 103 Å². The highest BCUT2D eigenvalue weighted by molar-refractivity contribution is 7.45. The van der Waals surface area contributed by atoms with Gasteiger partial charge in [-0.15, -0.1) is 0 Å². The molecule has 0 heterocycles. The Balaban J connectivity index is 4.04. The Labute approximate surface area is 480 Å². The van der Waals surface area contributed by atoms with E-state index in [1.54, 1.807) is 0 Å². The zero-order valence-electron chi connectivity index (χ0n) is 50.8. The largest absolute Gasteiger partial charge is 0.756 e. The standard InChI is InChI=1S/C68H118NO8P/c1-6-8-10-12-14-16-18-20-22-23-24-25-26-27-28-29-30-31-32-33-34-35-36-37-38-39-40-41-42-43-44-45-47-49-51-53-55-57-59-61-68(71)77-66(65-76-78(72,73)75-63-62-69(3,4)5)64-74-67(70)60-58-56-54-52-50-48-46-21-19-17-15-13-11-9-7-2/h8,10,14,16,20-22,24-25,27-28,30-31,33-34,36-37,46,66H,6-7,9,11-13,15,17-19,23,26,29,32,35,38-45,47-65H2,1-5H3/b10-8-,16-14-,22-20-,25-24-,28-27-,31-30-,34-33-,37-36-,46-21-. The molecule has 0 fully saturated rings. The van der Waals surface area contributed by atoms with Gasteiger partial charge in [-0.25, -0.2) is 0 Å². The molecule has 0 aromatic rings. The van der Waals surface area contributed by atoms with E-state index in [4.69, 9.17) is 18.5 Å². The molecule has 0 radical (unpaired) electrons. The van der Waals surface area contributed by atoms with Crippen molar-refractivity contribution in [2.24, 2.45) is 0 Å². The van der Waals surface area contributed by atoms with Crippen LogP contribution in [0.5, 0.6) is 0 Å². The SMILES string of the molecule is CC/C=C\C/C=C\C/C=C\C/C=C\C/C=C\C/C=C\C/C=C\C/C=C\CCCCCCCCCCCCCCCCC(=O)OC(COC(=O)CCCCCCC/C=C\CCCCCCCC)COP(=O)([O-])OCC[N+](C)(C)C. The van der Waals surface area contributed by atoms with Crippen molar-refractivity contribution < 1.29 is 42.1 Å². The van der Waals surface area contributed by atoms with Crippen molar-refractivity contribution in [3.05, 3.63) is 109 Å². The van der Waals surface area contributed by atoms with Gasteiger partial charge in [0.1, 0.15) is 19.8 Å². The summed E-state index contributed by atoms with van der Waals surface area (Å²) >= 11 is 0. The second-order valence-electron chi connectivity index (χ2n) is 22.0. The van der Waals surface area contributed by atoms with Crippen LogP contribution in [0.15, 0.2) is 109 Å². The van der Waals surface area contributed by atoms with Crippen LogP contribution in [0.25, 0.3) is 0 Å². The van der Waals surface area contributed by atoms with E-state index < -0.39 is 32.5 Å². The van der Waals surface area contributed by atoms with E-state index in [1.165, 1.54) is 116 Å². The summed E-state index contributed by atoms with van der Waals surface area (Å²) in [6, 6.07) is 0. The van der Waals surface area contributed by atoms with Gasteiger partial charge in [0.25, 0.3) is 7.82 Å². The zero-order chi connectivity index (χ0) is 57.0. The highest BCUT2D eigenvalue weighted by Gasteiger charge is 2.22. The fourth-order valence-electron chi connectivity index (χ4n) is 8.43. The van der Waals surface area contributed by atoms with Crippen molar-refractivity contribution in [3.8, 4) is 0 Å². The topological polar surface area (TPSA) is 111 Å². The molecule has 9 nitrogen and oxygen atoms in total. The normalized spacial score (nSPS) is 14.0. The Kier molecular flexibility index (Phi) is 55.8. The minimum absolute atomic E-state index is 0.0352. The van der Waals surface area contributed by atoms with Gasteiger partial charge in [-0.2, -0.15) is 0 Å². The molecule has 0 N–H and O–H groups in total. The number of hydrogen-bond donors (Lipinski definition) is 0. The van der Waals surface area contributed by atoms with E-state index in [2.05, 4.69) is 123 Å². The number of hydrogen-bond acceptors (Lipinski definition) is 8. The van der Waals surface area contributed by atoms with E-state index in [0.717, 1.165) is 109 Å². The van der Waals surface area contributed by atoms with Crippen LogP contribution in [0.4, 0.5) is 0 Å². The Bertz CT molecular complexity index is 1680. The zero-order valence-corrected chi connectivity index (χ0v) is 51.7. The Morgan fingerprint density at radius 2 is 0.731 bits per heavy atom. The third-order valence-corrected chi connectivity index (χ3v) is 14.2. The highest BCUT2D eigenvalue weighted by atomic mass is 31.2. The molecular weight excluding hydrogens is 990 g/mol. The van der Waals surface area contributed by atoms with Gasteiger partial charge < -0.3 is 27.9 Å². The Morgan fingerprint density at radius 1 is 0.410 bits per heavy atom. The quantitative estimate of drug-likeness (QED) is 0.0195. The van der Waals surface area contributed by atoms with Crippen molar-refractivity contribution >= 4 is 19.8 Å². The third kappa shape index (κ3) is 61.9. The summed E-state index contributed by atoms with van der Waals surface area (Å²) in [7, 11) is 1.16. The molecule has 0 aromatic carbocycles. The maximum atomic E-state index is 12.8. The molecular formula is C68H118NO8P. The summed E-state index contributed by atoms with van der Waals surface area (Å²) in [6.45, 7) is 4.11. The monoisotopic (exact) mass is 1110 g/mol. The molecule has 2 atom stereocenters. The fraction of sp³-hybridized carbons (Fsp3) is 0.706. The summed E-state index contributed by atoms with van der Waals surface area (Å²) in [5.74, 6) is -0.843. The van der Waals surface area contributed by atoms with E-state index in [0.29, 0.717) is 17.4 Å². The van der Waals surface area contributed by atoms with Gasteiger partial charge >= 0.3 is 11.9 Å². The van der Waals surface area contributed by atoms with Gasteiger partial charge in [0.15, 0.2) is 6.10 Å². The van der Waals surface area contributed by atoms with Gasteiger partial charge in [0.2, 0.25) is 0 Å². The highest BCUT2D eigenvalue weighted by Crippen LogP contribution is 2.38. The average Bonchev–Trinajstić information content (AvgIpc) is 3.41.